The van der Waals surface area contributed by atoms with E-state index in [2.05, 4.69) is 58.8 Å². The summed E-state index contributed by atoms with van der Waals surface area (Å²) in [7, 11) is 0. The highest BCUT2D eigenvalue weighted by atomic mass is 32.1. The second-order valence-corrected chi connectivity index (χ2v) is 6.67. The number of benzene rings is 2. The van der Waals surface area contributed by atoms with Crippen LogP contribution in [0.25, 0.3) is 16.7 Å². The molecule has 4 rings (SSSR count). The molecule has 0 radical (unpaired) electrons. The van der Waals surface area contributed by atoms with Gasteiger partial charge in [0.25, 0.3) is 0 Å². The van der Waals surface area contributed by atoms with Crippen LogP contribution in [0.3, 0.4) is 0 Å². The quantitative estimate of drug-likeness (QED) is 0.538. The number of aromatic nitrogens is 1. The Morgan fingerprint density at radius 1 is 1.21 bits per heavy atom. The van der Waals surface area contributed by atoms with E-state index in [1.54, 1.807) is 6.20 Å². The molecule has 3 nitrogen and oxygen atoms in total. The number of aryl methyl sites for hydroxylation is 1. The second-order valence-electron chi connectivity index (χ2n) is 5.81. The summed E-state index contributed by atoms with van der Waals surface area (Å²) in [4.78, 5) is 4.37. The topological polar surface area (TPSA) is 48.7 Å². The van der Waals surface area contributed by atoms with Gasteiger partial charge in [-0.05, 0) is 47.7 Å². The van der Waals surface area contributed by atoms with Crippen molar-refractivity contribution in [2.24, 2.45) is 0 Å². The van der Waals surface area contributed by atoms with Crippen molar-refractivity contribution in [1.29, 1.82) is 5.26 Å². The van der Waals surface area contributed by atoms with Gasteiger partial charge >= 0.3 is 0 Å². The van der Waals surface area contributed by atoms with Gasteiger partial charge < -0.3 is 5.32 Å². The van der Waals surface area contributed by atoms with E-state index in [0.717, 1.165) is 22.8 Å². The van der Waals surface area contributed by atoms with Crippen molar-refractivity contribution in [3.05, 3.63) is 75.9 Å². The number of nitrogens with zero attached hydrogens (tertiary/aromatic N) is 2. The predicted molar refractivity (Wildman–Crippen MR) is 98.7 cm³/mol. The lowest BCUT2D eigenvalue weighted by Crippen LogP contribution is -1.92. The van der Waals surface area contributed by atoms with Gasteiger partial charge in [-0.25, -0.2) is 4.98 Å². The number of nitriles is 1. The zero-order chi connectivity index (χ0) is 16.5. The molecule has 1 aliphatic carbocycles. The summed E-state index contributed by atoms with van der Waals surface area (Å²) in [6.07, 6.45) is 2.73. The van der Waals surface area contributed by atoms with Crippen LogP contribution in [-0.4, -0.2) is 4.98 Å². The normalized spacial score (nSPS) is 12.4. The van der Waals surface area contributed by atoms with Crippen molar-refractivity contribution in [1.82, 2.24) is 4.98 Å². The summed E-state index contributed by atoms with van der Waals surface area (Å²) in [5.41, 5.74) is 7.76. The fourth-order valence-corrected chi connectivity index (χ4v) is 3.75. The van der Waals surface area contributed by atoms with E-state index in [9.17, 15) is 5.26 Å². The number of thiazole rings is 1. The van der Waals surface area contributed by atoms with E-state index in [1.165, 1.54) is 33.6 Å². The average molecular weight is 329 g/mol. The molecule has 0 unspecified atom stereocenters. The molecule has 1 heterocycles. The minimum absolute atomic E-state index is 0.550. The molecule has 1 N–H and O–H groups in total. The number of hydrogen-bond donors (Lipinski definition) is 1. The molecule has 0 atom stereocenters. The second kappa shape index (κ2) is 5.95. The van der Waals surface area contributed by atoms with Crippen molar-refractivity contribution in [2.75, 3.05) is 5.32 Å². The molecule has 0 saturated carbocycles. The van der Waals surface area contributed by atoms with Crippen LogP contribution >= 0.6 is 11.3 Å². The van der Waals surface area contributed by atoms with Gasteiger partial charge in [0.2, 0.25) is 0 Å². The number of rotatable bonds is 3. The molecule has 2 aromatic carbocycles. The Hall–Kier alpha value is -2.90. The summed E-state index contributed by atoms with van der Waals surface area (Å²) in [5, 5.41) is 15.3. The lowest BCUT2D eigenvalue weighted by atomic mass is 10.1. The molecule has 1 aromatic heterocycles. The Morgan fingerprint density at radius 2 is 2.04 bits per heavy atom. The Balaban J connectivity index is 1.63. The number of hydrogen-bond acceptors (Lipinski definition) is 4. The number of fused-ring (bicyclic) bond motifs is 3. The van der Waals surface area contributed by atoms with Crippen LogP contribution in [0.15, 0.2) is 54.0 Å². The molecular weight excluding hydrogens is 314 g/mol. The van der Waals surface area contributed by atoms with Crippen LogP contribution in [0.4, 0.5) is 5.69 Å². The van der Waals surface area contributed by atoms with Gasteiger partial charge in [-0.15, -0.1) is 11.3 Å². The molecule has 0 bridgehead atoms. The van der Waals surface area contributed by atoms with E-state index in [4.69, 9.17) is 0 Å². The predicted octanol–water partition coefficient (Wildman–Crippen LogP) is 5.00. The highest BCUT2D eigenvalue weighted by Crippen LogP contribution is 2.37. The van der Waals surface area contributed by atoms with Crippen molar-refractivity contribution < 1.29 is 0 Å². The zero-order valence-electron chi connectivity index (χ0n) is 13.2. The minimum Gasteiger partial charge on any atom is -0.360 e. The SMILES string of the molecule is Cc1csc(/C(C#N)=C/Nc2ccc3c(c2)-c2ccccc2C3)n1. The maximum Gasteiger partial charge on any atom is 0.135 e. The van der Waals surface area contributed by atoms with Crippen molar-refractivity contribution in [3.8, 4) is 17.2 Å². The number of anilines is 1. The van der Waals surface area contributed by atoms with Crippen molar-refractivity contribution in [2.45, 2.75) is 13.3 Å². The Kier molecular flexibility index (Phi) is 3.64. The first-order chi connectivity index (χ1) is 11.7. The highest BCUT2D eigenvalue weighted by molar-refractivity contribution is 7.10. The summed E-state index contributed by atoms with van der Waals surface area (Å²) >= 11 is 1.49. The molecule has 0 fully saturated rings. The Bertz CT molecular complexity index is 992. The third-order valence-corrected chi connectivity index (χ3v) is 5.14. The largest absolute Gasteiger partial charge is 0.360 e. The molecular formula is C20H15N3S. The molecule has 3 aromatic rings. The summed E-state index contributed by atoms with van der Waals surface area (Å²) in [6, 6.07) is 17.1. The van der Waals surface area contributed by atoms with Gasteiger partial charge in [0, 0.05) is 23.0 Å². The Morgan fingerprint density at radius 3 is 2.83 bits per heavy atom. The molecule has 24 heavy (non-hydrogen) atoms. The van der Waals surface area contributed by atoms with Crippen molar-refractivity contribution >= 4 is 22.6 Å². The van der Waals surface area contributed by atoms with Gasteiger partial charge in [0.05, 0.1) is 0 Å². The first-order valence-corrected chi connectivity index (χ1v) is 8.63. The van der Waals surface area contributed by atoms with Crippen LogP contribution in [0.2, 0.25) is 0 Å². The van der Waals surface area contributed by atoms with E-state index < -0.39 is 0 Å². The Labute approximate surface area is 144 Å². The molecule has 0 saturated heterocycles. The van der Waals surface area contributed by atoms with Gasteiger partial charge in [0.15, 0.2) is 0 Å². The smallest absolute Gasteiger partial charge is 0.135 e. The molecule has 1 aliphatic rings. The highest BCUT2D eigenvalue weighted by Gasteiger charge is 2.17. The third kappa shape index (κ3) is 2.60. The molecule has 116 valence electrons. The number of allylic oxidation sites excluding steroid dienone is 1. The van der Waals surface area contributed by atoms with Crippen LogP contribution in [0, 0.1) is 18.3 Å². The van der Waals surface area contributed by atoms with Gasteiger partial charge in [-0.3, -0.25) is 0 Å². The summed E-state index contributed by atoms with van der Waals surface area (Å²) in [5.74, 6) is 0. The lowest BCUT2D eigenvalue weighted by molar-refractivity contribution is 1.24. The van der Waals surface area contributed by atoms with Crippen molar-refractivity contribution in [3.63, 3.8) is 0 Å². The standard InChI is InChI=1S/C20H15N3S/c1-13-12-24-20(23-13)16(10-21)11-22-17-7-6-15-8-14-4-2-3-5-18(14)19(15)9-17/h2-7,9,11-12,22H,8H2,1H3/b16-11+. The summed E-state index contributed by atoms with van der Waals surface area (Å²) < 4.78 is 0. The van der Waals surface area contributed by atoms with Gasteiger partial charge in [0.1, 0.15) is 16.6 Å². The molecule has 0 spiro atoms. The maximum atomic E-state index is 9.36. The monoisotopic (exact) mass is 329 g/mol. The van der Waals surface area contributed by atoms with E-state index in [0.29, 0.717) is 5.57 Å². The number of nitrogens with one attached hydrogen (secondary N) is 1. The summed E-state index contributed by atoms with van der Waals surface area (Å²) in [6.45, 7) is 1.93. The minimum atomic E-state index is 0.550. The fourth-order valence-electron chi connectivity index (χ4n) is 2.99. The van der Waals surface area contributed by atoms with Crippen LogP contribution in [0.5, 0.6) is 0 Å². The van der Waals surface area contributed by atoms with Crippen LogP contribution < -0.4 is 5.32 Å². The maximum absolute atomic E-state index is 9.36. The molecule has 4 heteroatoms. The molecule has 0 amide bonds. The molecule has 0 aliphatic heterocycles. The lowest BCUT2D eigenvalue weighted by Gasteiger charge is -2.06. The average Bonchev–Trinajstić information content (AvgIpc) is 3.19. The fraction of sp³-hybridized carbons (Fsp3) is 0.100. The first kappa shape index (κ1) is 14.7. The van der Waals surface area contributed by atoms with Gasteiger partial charge in [-0.1, -0.05) is 30.3 Å². The first-order valence-electron chi connectivity index (χ1n) is 7.75. The van der Waals surface area contributed by atoms with Gasteiger partial charge in [-0.2, -0.15) is 5.26 Å². The zero-order valence-corrected chi connectivity index (χ0v) is 14.0. The van der Waals surface area contributed by atoms with E-state index in [-0.39, 0.29) is 0 Å². The van der Waals surface area contributed by atoms with E-state index >= 15 is 0 Å². The van der Waals surface area contributed by atoms with Crippen LogP contribution in [0.1, 0.15) is 21.8 Å². The third-order valence-electron chi connectivity index (χ3n) is 4.15. The van der Waals surface area contributed by atoms with Crippen LogP contribution in [-0.2, 0) is 6.42 Å². The van der Waals surface area contributed by atoms with E-state index in [1.807, 2.05) is 12.3 Å².